The van der Waals surface area contributed by atoms with Gasteiger partial charge in [-0.15, -0.1) is 0 Å². The van der Waals surface area contributed by atoms with Gasteiger partial charge in [0, 0.05) is 40.7 Å². The first kappa shape index (κ1) is 29.2. The van der Waals surface area contributed by atoms with Crippen LogP contribution in [0.1, 0.15) is 99.7 Å². The Morgan fingerprint density at radius 1 is 0.419 bits per heavy atom. The molecule has 0 unspecified atom stereocenters. The summed E-state index contributed by atoms with van der Waals surface area (Å²) in [5.74, 6) is 0.652. The minimum Gasteiger partial charge on any atom is -0.326 e. The fourth-order valence-electron chi connectivity index (χ4n) is 7.15. The molecule has 3 aliphatic carbocycles. The Labute approximate surface area is 255 Å². The van der Waals surface area contributed by atoms with E-state index in [0.717, 1.165) is 111 Å². The van der Waals surface area contributed by atoms with Gasteiger partial charge in [0.1, 0.15) is 0 Å². The molecule has 0 bridgehead atoms. The fraction of sp³-hybridized carbons (Fsp3) is 0.432. The Bertz CT molecular complexity index is 1220. The fourth-order valence-corrected chi connectivity index (χ4v) is 7.15. The van der Waals surface area contributed by atoms with Crippen LogP contribution in [0.4, 0.5) is 17.1 Å². The largest absolute Gasteiger partial charge is 0.326 e. The number of hydrogen-bond donors (Lipinski definition) is 3. The van der Waals surface area contributed by atoms with Crippen LogP contribution in [0.3, 0.4) is 0 Å². The number of hydrogen-bond acceptors (Lipinski definition) is 3. The van der Waals surface area contributed by atoms with Gasteiger partial charge in [0.05, 0.1) is 0 Å². The SMILES string of the molecule is O=C(Nc1ccc(C(c2ccc(NC(=O)C3CCCC3)cc2)c2ccc(NC(=O)C3CCCC3)cc2)cc1)C1CCCC1. The summed E-state index contributed by atoms with van der Waals surface area (Å²) in [6.45, 7) is 0. The lowest BCUT2D eigenvalue weighted by Crippen LogP contribution is -2.20. The van der Waals surface area contributed by atoms with E-state index in [1.54, 1.807) is 0 Å². The zero-order chi connectivity index (χ0) is 29.6. The van der Waals surface area contributed by atoms with Gasteiger partial charge in [-0.1, -0.05) is 74.9 Å². The number of anilines is 3. The number of benzene rings is 3. The lowest BCUT2D eigenvalue weighted by molar-refractivity contribution is -0.120. The summed E-state index contributed by atoms with van der Waals surface area (Å²) in [5.41, 5.74) is 5.75. The van der Waals surface area contributed by atoms with Gasteiger partial charge < -0.3 is 16.0 Å². The third kappa shape index (κ3) is 7.18. The minimum absolute atomic E-state index is 0.0567. The van der Waals surface area contributed by atoms with Crippen LogP contribution in [-0.2, 0) is 14.4 Å². The first-order valence-corrected chi connectivity index (χ1v) is 16.3. The molecule has 3 aromatic carbocycles. The van der Waals surface area contributed by atoms with Crippen LogP contribution in [0.5, 0.6) is 0 Å². The summed E-state index contributed by atoms with van der Waals surface area (Å²) in [5, 5.41) is 9.32. The maximum Gasteiger partial charge on any atom is 0.227 e. The van der Waals surface area contributed by atoms with Gasteiger partial charge in [-0.3, -0.25) is 14.4 Å². The van der Waals surface area contributed by atoms with Crippen LogP contribution >= 0.6 is 0 Å². The van der Waals surface area contributed by atoms with E-state index in [4.69, 9.17) is 0 Å². The van der Waals surface area contributed by atoms with E-state index in [2.05, 4.69) is 52.3 Å². The van der Waals surface area contributed by atoms with Crippen molar-refractivity contribution in [2.24, 2.45) is 17.8 Å². The molecule has 0 saturated heterocycles. The Hall–Kier alpha value is -3.93. The zero-order valence-electron chi connectivity index (χ0n) is 24.9. The number of amides is 3. The van der Waals surface area contributed by atoms with Crippen LogP contribution in [0.2, 0.25) is 0 Å². The zero-order valence-corrected chi connectivity index (χ0v) is 24.9. The van der Waals surface area contributed by atoms with E-state index in [1.807, 2.05) is 36.4 Å². The Kier molecular flexibility index (Phi) is 9.21. The van der Waals surface area contributed by atoms with Crippen LogP contribution in [0.25, 0.3) is 0 Å². The summed E-state index contributed by atoms with van der Waals surface area (Å²) >= 11 is 0. The molecule has 3 aliphatic rings. The number of nitrogens with one attached hydrogen (secondary N) is 3. The minimum atomic E-state index is -0.0567. The standard InChI is InChI=1S/C37H43N3O3/c41-35(28-7-1-2-8-28)38-31-19-13-25(14-20-31)34(26-15-21-32(22-16-26)39-36(42)29-9-3-4-10-29)27-17-23-33(24-18-27)40-37(43)30-11-5-6-12-30/h13-24,28-30,34H,1-12H2,(H,38,41)(H,39,42)(H,40,43). The van der Waals surface area contributed by atoms with E-state index < -0.39 is 0 Å². The van der Waals surface area contributed by atoms with Gasteiger partial charge in [0.25, 0.3) is 0 Å². The molecule has 3 saturated carbocycles. The van der Waals surface area contributed by atoms with Gasteiger partial charge in [0.15, 0.2) is 0 Å². The molecule has 6 rings (SSSR count). The first-order valence-electron chi connectivity index (χ1n) is 16.3. The second-order valence-electron chi connectivity index (χ2n) is 12.7. The summed E-state index contributed by atoms with van der Waals surface area (Å²) < 4.78 is 0. The monoisotopic (exact) mass is 577 g/mol. The van der Waals surface area contributed by atoms with Crippen molar-refractivity contribution in [3.8, 4) is 0 Å². The van der Waals surface area contributed by atoms with Crippen LogP contribution < -0.4 is 16.0 Å². The molecule has 6 nitrogen and oxygen atoms in total. The maximum atomic E-state index is 12.7. The van der Waals surface area contributed by atoms with Crippen molar-refractivity contribution >= 4 is 34.8 Å². The smallest absolute Gasteiger partial charge is 0.227 e. The first-order chi connectivity index (χ1) is 21.0. The average molecular weight is 578 g/mol. The Morgan fingerprint density at radius 2 is 0.651 bits per heavy atom. The molecular formula is C37H43N3O3. The number of carbonyl (C=O) groups excluding carboxylic acids is 3. The van der Waals surface area contributed by atoms with Crippen molar-refractivity contribution in [3.05, 3.63) is 89.5 Å². The molecule has 0 heterocycles. The highest BCUT2D eigenvalue weighted by molar-refractivity contribution is 5.94. The van der Waals surface area contributed by atoms with E-state index in [0.29, 0.717) is 0 Å². The van der Waals surface area contributed by atoms with Crippen molar-refractivity contribution in [1.82, 2.24) is 0 Å². The summed E-state index contributed by atoms with van der Waals surface area (Å²) in [7, 11) is 0. The van der Waals surface area contributed by atoms with E-state index in [1.165, 1.54) is 0 Å². The van der Waals surface area contributed by atoms with E-state index >= 15 is 0 Å². The molecule has 6 heteroatoms. The molecule has 0 radical (unpaired) electrons. The molecule has 0 aromatic heterocycles. The maximum absolute atomic E-state index is 12.7. The summed E-state index contributed by atoms with van der Waals surface area (Å²) in [4.78, 5) is 38.1. The van der Waals surface area contributed by atoms with Crippen molar-refractivity contribution < 1.29 is 14.4 Å². The second-order valence-corrected chi connectivity index (χ2v) is 12.7. The molecule has 0 spiro atoms. The van der Waals surface area contributed by atoms with Gasteiger partial charge in [-0.25, -0.2) is 0 Å². The molecule has 0 atom stereocenters. The quantitative estimate of drug-likeness (QED) is 0.224. The third-order valence-electron chi connectivity index (χ3n) is 9.71. The average Bonchev–Trinajstić information content (AvgIpc) is 3.84. The predicted octanol–water partition coefficient (Wildman–Crippen LogP) is 8.25. The molecule has 3 aromatic rings. The lowest BCUT2D eigenvalue weighted by atomic mass is 9.85. The topological polar surface area (TPSA) is 87.3 Å². The summed E-state index contributed by atoms with van der Waals surface area (Å²) in [6.07, 6.45) is 12.6. The molecule has 224 valence electrons. The Morgan fingerprint density at radius 3 is 0.884 bits per heavy atom. The Balaban J connectivity index is 1.22. The molecular weight excluding hydrogens is 534 g/mol. The highest BCUT2D eigenvalue weighted by Crippen LogP contribution is 2.35. The molecule has 3 N–H and O–H groups in total. The third-order valence-corrected chi connectivity index (χ3v) is 9.71. The second kappa shape index (κ2) is 13.6. The number of carbonyl (C=O) groups is 3. The van der Waals surface area contributed by atoms with Crippen LogP contribution in [0.15, 0.2) is 72.8 Å². The van der Waals surface area contributed by atoms with E-state index in [9.17, 15) is 14.4 Å². The molecule has 0 aliphatic heterocycles. The van der Waals surface area contributed by atoms with Crippen LogP contribution in [0, 0.1) is 17.8 Å². The van der Waals surface area contributed by atoms with Crippen LogP contribution in [-0.4, -0.2) is 17.7 Å². The van der Waals surface area contributed by atoms with Gasteiger partial charge in [0.2, 0.25) is 17.7 Å². The van der Waals surface area contributed by atoms with E-state index in [-0.39, 0.29) is 41.4 Å². The number of rotatable bonds is 9. The molecule has 3 fully saturated rings. The van der Waals surface area contributed by atoms with Gasteiger partial charge in [-0.05, 0) is 91.6 Å². The van der Waals surface area contributed by atoms with Crippen molar-refractivity contribution in [2.75, 3.05) is 16.0 Å². The van der Waals surface area contributed by atoms with Crippen molar-refractivity contribution in [3.63, 3.8) is 0 Å². The van der Waals surface area contributed by atoms with Gasteiger partial charge in [-0.2, -0.15) is 0 Å². The highest BCUT2D eigenvalue weighted by Gasteiger charge is 2.25. The van der Waals surface area contributed by atoms with Crippen molar-refractivity contribution in [1.29, 1.82) is 0 Å². The lowest BCUT2D eigenvalue weighted by Gasteiger charge is -2.21. The highest BCUT2D eigenvalue weighted by atomic mass is 16.2. The van der Waals surface area contributed by atoms with Crippen molar-refractivity contribution in [2.45, 2.75) is 83.0 Å². The predicted molar refractivity (Wildman–Crippen MR) is 172 cm³/mol. The van der Waals surface area contributed by atoms with Gasteiger partial charge >= 0.3 is 0 Å². The molecule has 3 amide bonds. The molecule has 43 heavy (non-hydrogen) atoms. The normalized spacial score (nSPS) is 17.8. The summed E-state index contributed by atoms with van der Waals surface area (Å²) in [6, 6.07) is 24.4.